The molecule has 0 amide bonds. The molecule has 1 saturated carbocycles. The molecule has 2 heteroatoms. The summed E-state index contributed by atoms with van der Waals surface area (Å²) in [4.78, 5) is 4.66. The predicted molar refractivity (Wildman–Crippen MR) is 27.5 cm³/mol. The lowest BCUT2D eigenvalue weighted by molar-refractivity contribution is 0.0355. The minimum atomic E-state index is 0.0278. The maximum atomic E-state index is 4.96. The van der Waals surface area contributed by atoms with Gasteiger partial charge in [0.05, 0.1) is 5.60 Å². The standard InChI is InChI=1S/C5H11NO/c1-4-3-5(4,2)7-6/h4H,3,6H2,1-2H3/t4-,5-/m1/s1. The summed E-state index contributed by atoms with van der Waals surface area (Å²) < 4.78 is 0. The summed E-state index contributed by atoms with van der Waals surface area (Å²) in [6, 6.07) is 0. The normalized spacial score (nSPS) is 49.3. The van der Waals surface area contributed by atoms with Crippen molar-refractivity contribution in [1.82, 2.24) is 0 Å². The van der Waals surface area contributed by atoms with Crippen LogP contribution in [-0.2, 0) is 4.84 Å². The van der Waals surface area contributed by atoms with Gasteiger partial charge in [-0.25, -0.2) is 5.90 Å². The third-order valence-corrected chi connectivity index (χ3v) is 1.86. The van der Waals surface area contributed by atoms with Crippen LogP contribution in [0.2, 0.25) is 0 Å². The van der Waals surface area contributed by atoms with Gasteiger partial charge >= 0.3 is 0 Å². The van der Waals surface area contributed by atoms with Crippen LogP contribution in [0.5, 0.6) is 0 Å². The van der Waals surface area contributed by atoms with Gasteiger partial charge < -0.3 is 0 Å². The highest BCUT2D eigenvalue weighted by molar-refractivity contribution is 4.97. The van der Waals surface area contributed by atoms with Gasteiger partial charge in [-0.05, 0) is 19.3 Å². The summed E-state index contributed by atoms with van der Waals surface area (Å²) in [7, 11) is 0. The topological polar surface area (TPSA) is 35.2 Å². The van der Waals surface area contributed by atoms with E-state index in [0.29, 0.717) is 5.92 Å². The molecular formula is C5H11NO. The lowest BCUT2D eigenvalue weighted by atomic mass is 10.3. The Bertz CT molecular complexity index is 80.1. The van der Waals surface area contributed by atoms with Crippen molar-refractivity contribution < 1.29 is 4.84 Å². The molecule has 0 bridgehead atoms. The smallest absolute Gasteiger partial charge is 0.0895 e. The summed E-state index contributed by atoms with van der Waals surface area (Å²) in [6.45, 7) is 4.16. The average Bonchev–Trinajstić information content (AvgIpc) is 2.18. The lowest BCUT2D eigenvalue weighted by Crippen LogP contribution is -2.15. The van der Waals surface area contributed by atoms with Crippen LogP contribution in [0.25, 0.3) is 0 Å². The van der Waals surface area contributed by atoms with E-state index in [0.717, 1.165) is 6.42 Å². The van der Waals surface area contributed by atoms with Gasteiger partial charge in [-0.2, -0.15) is 0 Å². The van der Waals surface area contributed by atoms with Crippen LogP contribution in [-0.4, -0.2) is 5.60 Å². The summed E-state index contributed by atoms with van der Waals surface area (Å²) in [5, 5.41) is 0. The number of rotatable bonds is 1. The molecule has 0 aromatic carbocycles. The molecule has 2 atom stereocenters. The Hall–Kier alpha value is -0.0800. The molecule has 1 fully saturated rings. The molecule has 1 rings (SSSR count). The maximum absolute atomic E-state index is 4.96. The third kappa shape index (κ3) is 0.640. The van der Waals surface area contributed by atoms with Crippen LogP contribution in [0.15, 0.2) is 0 Å². The summed E-state index contributed by atoms with van der Waals surface area (Å²) >= 11 is 0. The van der Waals surface area contributed by atoms with Crippen molar-refractivity contribution in [2.75, 3.05) is 0 Å². The molecule has 0 unspecified atom stereocenters. The van der Waals surface area contributed by atoms with Crippen LogP contribution in [0.3, 0.4) is 0 Å². The molecule has 0 aromatic rings. The van der Waals surface area contributed by atoms with E-state index >= 15 is 0 Å². The van der Waals surface area contributed by atoms with Gasteiger partial charge in [0.1, 0.15) is 0 Å². The van der Waals surface area contributed by atoms with Gasteiger partial charge in [-0.3, -0.25) is 4.84 Å². The summed E-state index contributed by atoms with van der Waals surface area (Å²) in [6.07, 6.45) is 1.11. The zero-order chi connectivity index (χ0) is 5.49. The zero-order valence-electron chi connectivity index (χ0n) is 4.77. The highest BCUT2D eigenvalue weighted by Gasteiger charge is 2.47. The van der Waals surface area contributed by atoms with Gasteiger partial charge in [0.2, 0.25) is 0 Å². The van der Waals surface area contributed by atoms with E-state index in [9.17, 15) is 0 Å². The molecule has 2 nitrogen and oxygen atoms in total. The quantitative estimate of drug-likeness (QED) is 0.493. The third-order valence-electron chi connectivity index (χ3n) is 1.86. The number of nitrogens with two attached hydrogens (primary N) is 1. The lowest BCUT2D eigenvalue weighted by Gasteiger charge is -2.02. The fourth-order valence-corrected chi connectivity index (χ4v) is 0.713. The monoisotopic (exact) mass is 101 g/mol. The molecule has 1 aliphatic carbocycles. The number of hydrogen-bond donors (Lipinski definition) is 1. The molecule has 0 spiro atoms. The maximum Gasteiger partial charge on any atom is 0.0895 e. The van der Waals surface area contributed by atoms with E-state index in [2.05, 4.69) is 11.8 Å². The SMILES string of the molecule is C[C@@H]1C[C@@]1(C)ON. The van der Waals surface area contributed by atoms with Crippen molar-refractivity contribution in [3.05, 3.63) is 0 Å². The van der Waals surface area contributed by atoms with Crippen LogP contribution in [0, 0.1) is 5.92 Å². The van der Waals surface area contributed by atoms with E-state index in [1.54, 1.807) is 0 Å². The number of hydrogen-bond acceptors (Lipinski definition) is 2. The molecule has 42 valence electrons. The van der Waals surface area contributed by atoms with Crippen LogP contribution < -0.4 is 5.90 Å². The largest absolute Gasteiger partial charge is 0.298 e. The average molecular weight is 101 g/mol. The van der Waals surface area contributed by atoms with E-state index in [1.807, 2.05) is 6.92 Å². The van der Waals surface area contributed by atoms with Crippen LogP contribution in [0.4, 0.5) is 0 Å². The Morgan fingerprint density at radius 1 is 1.86 bits per heavy atom. The summed E-state index contributed by atoms with van der Waals surface area (Å²) in [5.74, 6) is 5.62. The first-order chi connectivity index (χ1) is 3.19. The first-order valence-corrected chi connectivity index (χ1v) is 2.57. The fraction of sp³-hybridized carbons (Fsp3) is 1.00. The first kappa shape index (κ1) is 5.06. The summed E-state index contributed by atoms with van der Waals surface area (Å²) in [5.41, 5.74) is 0.0278. The van der Waals surface area contributed by atoms with E-state index in [4.69, 9.17) is 5.90 Å². The van der Waals surface area contributed by atoms with Crippen molar-refractivity contribution in [1.29, 1.82) is 0 Å². The van der Waals surface area contributed by atoms with E-state index in [-0.39, 0.29) is 5.60 Å². The van der Waals surface area contributed by atoms with Gasteiger partial charge in [-0.15, -0.1) is 0 Å². The minimum absolute atomic E-state index is 0.0278. The second kappa shape index (κ2) is 1.20. The van der Waals surface area contributed by atoms with E-state index in [1.165, 1.54) is 0 Å². The Labute approximate surface area is 43.6 Å². The zero-order valence-corrected chi connectivity index (χ0v) is 4.77. The minimum Gasteiger partial charge on any atom is -0.298 e. The molecule has 7 heavy (non-hydrogen) atoms. The molecule has 0 aliphatic heterocycles. The molecule has 0 saturated heterocycles. The molecular weight excluding hydrogens is 90.1 g/mol. The fourth-order valence-electron chi connectivity index (χ4n) is 0.713. The molecule has 1 aliphatic rings. The second-order valence-corrected chi connectivity index (χ2v) is 2.54. The Morgan fingerprint density at radius 2 is 2.29 bits per heavy atom. The van der Waals surface area contributed by atoms with Gasteiger partial charge in [0.25, 0.3) is 0 Å². The second-order valence-electron chi connectivity index (χ2n) is 2.54. The molecule has 0 aromatic heterocycles. The predicted octanol–water partition coefficient (Wildman–Crippen LogP) is 0.675. The van der Waals surface area contributed by atoms with Crippen molar-refractivity contribution >= 4 is 0 Å². The van der Waals surface area contributed by atoms with Gasteiger partial charge in [0.15, 0.2) is 0 Å². The first-order valence-electron chi connectivity index (χ1n) is 2.57. The van der Waals surface area contributed by atoms with E-state index < -0.39 is 0 Å². The van der Waals surface area contributed by atoms with Crippen molar-refractivity contribution in [3.63, 3.8) is 0 Å². The van der Waals surface area contributed by atoms with Gasteiger partial charge in [-0.1, -0.05) is 6.92 Å². The highest BCUT2D eigenvalue weighted by atomic mass is 16.6. The molecule has 2 N–H and O–H groups in total. The van der Waals surface area contributed by atoms with Crippen LogP contribution in [0.1, 0.15) is 20.3 Å². The van der Waals surface area contributed by atoms with Crippen molar-refractivity contribution in [3.8, 4) is 0 Å². The Kier molecular flexibility index (Phi) is 0.869. The molecule has 0 heterocycles. The van der Waals surface area contributed by atoms with Crippen molar-refractivity contribution in [2.45, 2.75) is 25.9 Å². The Morgan fingerprint density at radius 3 is 2.29 bits per heavy atom. The molecule has 0 radical (unpaired) electrons. The van der Waals surface area contributed by atoms with Crippen LogP contribution >= 0.6 is 0 Å². The van der Waals surface area contributed by atoms with Crippen molar-refractivity contribution in [2.24, 2.45) is 11.8 Å². The highest BCUT2D eigenvalue weighted by Crippen LogP contribution is 2.44. The van der Waals surface area contributed by atoms with Gasteiger partial charge in [0, 0.05) is 0 Å². The Balaban J connectivity index is 2.36.